The van der Waals surface area contributed by atoms with Crippen LogP contribution >= 0.6 is 0 Å². The molecule has 0 bridgehead atoms. The van der Waals surface area contributed by atoms with Crippen molar-refractivity contribution in [3.05, 3.63) is 0 Å². The van der Waals surface area contributed by atoms with Crippen LogP contribution in [0.5, 0.6) is 0 Å². The maximum absolute atomic E-state index is 9.16. The molecule has 0 aromatic carbocycles. The average molecular weight is 435 g/mol. The summed E-state index contributed by atoms with van der Waals surface area (Å²) in [6.45, 7) is 4.03. The van der Waals surface area contributed by atoms with E-state index in [1.165, 1.54) is 51.4 Å². The van der Waals surface area contributed by atoms with Crippen LogP contribution in [0.4, 0.5) is 0 Å². The van der Waals surface area contributed by atoms with Gasteiger partial charge in [0.15, 0.2) is 12.4 Å². The Hall–Kier alpha value is -2.52. The van der Waals surface area contributed by atoms with E-state index in [1.807, 2.05) is 12.4 Å². The second-order valence-electron chi connectivity index (χ2n) is 8.00. The first-order valence-corrected chi connectivity index (χ1v) is 11.6. The fourth-order valence-electron chi connectivity index (χ4n) is 3.38. The van der Waals surface area contributed by atoms with Crippen LogP contribution in [0.2, 0.25) is 0 Å². The summed E-state index contributed by atoms with van der Waals surface area (Å²) in [5.41, 5.74) is 10.8. The van der Waals surface area contributed by atoms with E-state index >= 15 is 0 Å². The highest BCUT2D eigenvalue weighted by Crippen LogP contribution is 2.13. The zero-order valence-electron chi connectivity index (χ0n) is 19.2. The summed E-state index contributed by atoms with van der Waals surface area (Å²) in [4.78, 5) is 2.26. The van der Waals surface area contributed by atoms with Crippen LogP contribution < -0.4 is 11.5 Å². The molecule has 0 rings (SSSR count). The van der Waals surface area contributed by atoms with Crippen molar-refractivity contribution in [3.8, 4) is 12.4 Å². The van der Waals surface area contributed by atoms with E-state index in [9.17, 15) is 0 Å². The largest absolute Gasteiger partial charge is 0.381 e. The molecular weight excluding hydrogens is 392 g/mol. The van der Waals surface area contributed by atoms with Crippen LogP contribution in [0, 0.1) is 39.6 Å². The summed E-state index contributed by atoms with van der Waals surface area (Å²) in [6, 6.07) is 0. The van der Waals surface area contributed by atoms with Crippen LogP contribution in [-0.4, -0.2) is 48.0 Å². The minimum Gasteiger partial charge on any atom is -0.381 e. The number of rotatable bonds is 19. The van der Waals surface area contributed by atoms with Crippen molar-refractivity contribution in [3.63, 3.8) is 0 Å². The zero-order chi connectivity index (χ0) is 23.3. The lowest BCUT2D eigenvalue weighted by atomic mass is 10.0. The van der Waals surface area contributed by atoms with Crippen LogP contribution in [0.1, 0.15) is 84.0 Å². The first-order chi connectivity index (χ1) is 15.0. The normalized spacial score (nSPS) is 11.3. The maximum atomic E-state index is 9.16. The molecule has 0 spiro atoms. The number of nitriles is 2. The smallest absolute Gasteiger partial charge is 0.201 e. The number of unbranched alkanes of at least 4 members (excludes halogenated alkanes) is 9. The molecule has 0 aliphatic rings. The van der Waals surface area contributed by atoms with Crippen LogP contribution in [0.25, 0.3) is 0 Å². The molecule has 0 fully saturated rings. The Balaban J connectivity index is 4.11. The second kappa shape index (κ2) is 19.4. The third-order valence-corrected chi connectivity index (χ3v) is 5.25. The number of nitrogens with one attached hydrogen (secondary N) is 2. The summed E-state index contributed by atoms with van der Waals surface area (Å²) < 4.78 is 5.83. The SMILES string of the molecule is CCCCCCCCCCCCOCC(CCCN(C#N)C(=N)N)CN(C#N)C(=N)N. The fourth-order valence-corrected chi connectivity index (χ4v) is 3.38. The van der Waals surface area contributed by atoms with E-state index in [4.69, 9.17) is 37.5 Å². The van der Waals surface area contributed by atoms with Gasteiger partial charge in [-0.25, -0.2) is 9.80 Å². The van der Waals surface area contributed by atoms with Crippen molar-refractivity contribution >= 4 is 11.9 Å². The van der Waals surface area contributed by atoms with Gasteiger partial charge in [-0.1, -0.05) is 64.7 Å². The molecule has 0 radical (unpaired) electrons. The summed E-state index contributed by atoms with van der Waals surface area (Å²) in [7, 11) is 0. The summed E-state index contributed by atoms with van der Waals surface area (Å²) in [5.74, 6) is -0.567. The molecule has 1 unspecified atom stereocenters. The molecule has 0 aromatic heterocycles. The van der Waals surface area contributed by atoms with E-state index < -0.39 is 0 Å². The molecule has 0 aliphatic heterocycles. The van der Waals surface area contributed by atoms with Crippen molar-refractivity contribution in [2.24, 2.45) is 17.4 Å². The Labute approximate surface area is 188 Å². The highest BCUT2D eigenvalue weighted by atomic mass is 16.5. The number of hydrogen-bond donors (Lipinski definition) is 4. The van der Waals surface area contributed by atoms with Crippen LogP contribution in [-0.2, 0) is 4.74 Å². The van der Waals surface area contributed by atoms with Crippen molar-refractivity contribution in [2.45, 2.75) is 84.0 Å². The van der Waals surface area contributed by atoms with E-state index in [1.54, 1.807) is 0 Å². The van der Waals surface area contributed by atoms with E-state index in [-0.39, 0.29) is 17.8 Å². The minimum atomic E-state index is -0.287. The molecule has 31 heavy (non-hydrogen) atoms. The molecule has 0 saturated heterocycles. The van der Waals surface area contributed by atoms with Crippen molar-refractivity contribution in [1.29, 1.82) is 21.3 Å². The first kappa shape index (κ1) is 28.5. The fraction of sp³-hybridized carbons (Fsp3) is 0.818. The van der Waals surface area contributed by atoms with Gasteiger partial charge in [-0.2, -0.15) is 10.5 Å². The number of hydrogen-bond acceptors (Lipinski definition) is 5. The number of guanidine groups is 2. The highest BCUT2D eigenvalue weighted by molar-refractivity contribution is 5.76. The van der Waals surface area contributed by atoms with E-state index in [0.717, 1.165) is 22.6 Å². The molecule has 1 atom stereocenters. The predicted octanol–water partition coefficient (Wildman–Crippen LogP) is 3.67. The quantitative estimate of drug-likeness (QED) is 0.0791. The Bertz CT molecular complexity index is 569. The summed E-state index contributed by atoms with van der Waals surface area (Å²) in [6.07, 6.45) is 17.8. The Morgan fingerprint density at radius 1 is 0.839 bits per heavy atom. The Morgan fingerprint density at radius 2 is 1.35 bits per heavy atom. The molecule has 9 heteroatoms. The molecular formula is C22H42N8O. The third kappa shape index (κ3) is 15.9. The van der Waals surface area contributed by atoms with Gasteiger partial charge in [0.2, 0.25) is 11.9 Å². The van der Waals surface area contributed by atoms with Crippen molar-refractivity contribution in [1.82, 2.24) is 9.80 Å². The number of nitrogens with zero attached hydrogens (tertiary/aromatic N) is 4. The average Bonchev–Trinajstić information content (AvgIpc) is 2.74. The Kier molecular flexibility index (Phi) is 17.9. The maximum Gasteiger partial charge on any atom is 0.201 e. The lowest BCUT2D eigenvalue weighted by Gasteiger charge is -2.22. The van der Waals surface area contributed by atoms with Gasteiger partial charge in [0.05, 0.1) is 6.61 Å². The minimum absolute atomic E-state index is 0.000767. The summed E-state index contributed by atoms with van der Waals surface area (Å²) >= 11 is 0. The molecule has 9 nitrogen and oxygen atoms in total. The number of nitrogens with two attached hydrogens (primary N) is 2. The Morgan fingerprint density at radius 3 is 1.84 bits per heavy atom. The molecule has 0 saturated carbocycles. The standard InChI is InChI=1S/C22H42N8O/c1-2-3-4-5-6-7-8-9-10-11-15-31-17-20(16-30(19-24)22(27)28)13-12-14-29(18-23)21(25)26/h20H,2-17H2,1H3,(H3,25,26)(H3,27,28). The lowest BCUT2D eigenvalue weighted by molar-refractivity contribution is 0.0870. The van der Waals surface area contributed by atoms with Crippen LogP contribution in [0.15, 0.2) is 0 Å². The molecule has 6 N–H and O–H groups in total. The monoisotopic (exact) mass is 434 g/mol. The van der Waals surface area contributed by atoms with Gasteiger partial charge in [0, 0.05) is 25.6 Å². The second-order valence-corrected chi connectivity index (χ2v) is 8.00. The molecule has 0 aliphatic carbocycles. The van der Waals surface area contributed by atoms with Gasteiger partial charge < -0.3 is 16.2 Å². The van der Waals surface area contributed by atoms with E-state index in [0.29, 0.717) is 39.1 Å². The summed E-state index contributed by atoms with van der Waals surface area (Å²) in [5, 5.41) is 33.0. The van der Waals surface area contributed by atoms with Gasteiger partial charge in [-0.05, 0) is 19.3 Å². The van der Waals surface area contributed by atoms with Gasteiger partial charge in [-0.3, -0.25) is 10.8 Å². The topological polar surface area (TPSA) is 163 Å². The van der Waals surface area contributed by atoms with Gasteiger partial charge >= 0.3 is 0 Å². The van der Waals surface area contributed by atoms with Crippen molar-refractivity contribution in [2.75, 3.05) is 26.3 Å². The van der Waals surface area contributed by atoms with Gasteiger partial charge in [0.25, 0.3) is 0 Å². The first-order valence-electron chi connectivity index (χ1n) is 11.6. The predicted molar refractivity (Wildman–Crippen MR) is 124 cm³/mol. The van der Waals surface area contributed by atoms with Crippen molar-refractivity contribution < 1.29 is 4.74 Å². The third-order valence-electron chi connectivity index (χ3n) is 5.25. The molecule has 176 valence electrons. The van der Waals surface area contributed by atoms with Gasteiger partial charge in [0.1, 0.15) is 0 Å². The molecule has 0 amide bonds. The number of ether oxygens (including phenoxy) is 1. The van der Waals surface area contributed by atoms with Crippen LogP contribution in [0.3, 0.4) is 0 Å². The zero-order valence-corrected chi connectivity index (χ0v) is 19.2. The molecule has 0 heterocycles. The molecule has 0 aromatic rings. The van der Waals surface area contributed by atoms with Gasteiger partial charge in [-0.15, -0.1) is 0 Å². The lowest BCUT2D eigenvalue weighted by Crippen LogP contribution is -2.38. The highest BCUT2D eigenvalue weighted by Gasteiger charge is 2.16. The van der Waals surface area contributed by atoms with E-state index in [2.05, 4.69) is 6.92 Å².